The molecule has 0 aromatic rings. The van der Waals surface area contributed by atoms with Gasteiger partial charge >= 0.3 is 0 Å². The summed E-state index contributed by atoms with van der Waals surface area (Å²) < 4.78 is 5.07. The Kier molecular flexibility index (Phi) is 19.9. The van der Waals surface area contributed by atoms with Gasteiger partial charge in [-0.1, -0.05) is 13.8 Å². The van der Waals surface area contributed by atoms with Crippen LogP contribution >= 0.6 is 24.0 Å². The highest BCUT2D eigenvalue weighted by molar-refractivity contribution is 14.0. The summed E-state index contributed by atoms with van der Waals surface area (Å²) in [7, 11) is 3.89. The minimum absolute atomic E-state index is 0. The Hall–Kier alpha value is -0.120. The van der Waals surface area contributed by atoms with E-state index < -0.39 is 0 Å². The fraction of sp³-hybridized carbons (Fsp3) is 0.938. The first-order chi connectivity index (χ1) is 10.7. The summed E-state index contributed by atoms with van der Waals surface area (Å²) >= 11 is 0. The summed E-state index contributed by atoms with van der Waals surface area (Å²) in [4.78, 5) is 9.33. The number of guanidine groups is 1. The predicted molar refractivity (Wildman–Crippen MR) is 111 cm³/mol. The average molecular weight is 443 g/mol. The van der Waals surface area contributed by atoms with Crippen molar-refractivity contribution in [2.45, 2.75) is 27.2 Å². The molecule has 0 aliphatic carbocycles. The predicted octanol–water partition coefficient (Wildman–Crippen LogP) is 1.47. The van der Waals surface area contributed by atoms with Gasteiger partial charge in [-0.3, -0.25) is 4.99 Å². The van der Waals surface area contributed by atoms with E-state index in [9.17, 15) is 0 Å². The van der Waals surface area contributed by atoms with Gasteiger partial charge in [-0.15, -0.1) is 24.0 Å². The van der Waals surface area contributed by atoms with Crippen LogP contribution in [-0.2, 0) is 4.74 Å². The quantitative estimate of drug-likeness (QED) is 0.196. The van der Waals surface area contributed by atoms with E-state index in [-0.39, 0.29) is 24.0 Å². The van der Waals surface area contributed by atoms with Gasteiger partial charge in [0.05, 0.1) is 6.54 Å². The minimum Gasteiger partial charge on any atom is -0.385 e. The molecule has 2 N–H and O–H groups in total. The maximum Gasteiger partial charge on any atom is 0.191 e. The largest absolute Gasteiger partial charge is 0.385 e. The molecule has 0 heterocycles. The number of aliphatic imine (C=N–C) groups is 1. The van der Waals surface area contributed by atoms with E-state index >= 15 is 0 Å². The summed E-state index contributed by atoms with van der Waals surface area (Å²) in [6.07, 6.45) is 1.07. The smallest absolute Gasteiger partial charge is 0.191 e. The van der Waals surface area contributed by atoms with Crippen molar-refractivity contribution in [3.8, 4) is 0 Å². The zero-order chi connectivity index (χ0) is 16.6. The van der Waals surface area contributed by atoms with E-state index in [2.05, 4.69) is 53.2 Å². The maximum atomic E-state index is 5.07. The van der Waals surface area contributed by atoms with Gasteiger partial charge in [0.2, 0.25) is 0 Å². The highest BCUT2D eigenvalue weighted by atomic mass is 127. The number of methoxy groups -OCH3 is 1. The monoisotopic (exact) mass is 443 g/mol. The van der Waals surface area contributed by atoms with Crippen LogP contribution in [0.25, 0.3) is 0 Å². The second-order valence-electron chi connectivity index (χ2n) is 5.36. The molecule has 0 aliphatic rings. The molecule has 0 rings (SSSR count). The van der Waals surface area contributed by atoms with Crippen molar-refractivity contribution in [3.63, 3.8) is 0 Å². The molecular weight excluding hydrogens is 405 g/mol. The lowest BCUT2D eigenvalue weighted by atomic mass is 10.4. The summed E-state index contributed by atoms with van der Waals surface area (Å²) in [5.74, 6) is 0.917. The Labute approximate surface area is 160 Å². The lowest BCUT2D eigenvalue weighted by Gasteiger charge is -2.19. The average Bonchev–Trinajstić information content (AvgIpc) is 2.51. The van der Waals surface area contributed by atoms with Gasteiger partial charge in [-0.2, -0.15) is 0 Å². The number of likely N-dealkylation sites (N-methyl/N-ethyl adjacent to an activating group) is 2. The van der Waals surface area contributed by atoms with Crippen LogP contribution in [0.2, 0.25) is 0 Å². The highest BCUT2D eigenvalue weighted by Gasteiger charge is 2.01. The second-order valence-corrected chi connectivity index (χ2v) is 5.36. The molecule has 0 aromatic heterocycles. The molecule has 0 aliphatic heterocycles. The number of nitrogens with one attached hydrogen (secondary N) is 2. The molecule has 0 aromatic carbocycles. The van der Waals surface area contributed by atoms with Gasteiger partial charge < -0.3 is 25.2 Å². The summed E-state index contributed by atoms with van der Waals surface area (Å²) in [5.41, 5.74) is 0. The second kappa shape index (κ2) is 18.2. The van der Waals surface area contributed by atoms with Gasteiger partial charge in [0.25, 0.3) is 0 Å². The first-order valence-electron chi connectivity index (χ1n) is 8.59. The molecular formula is C16H38IN5O. The molecule has 7 heteroatoms. The minimum atomic E-state index is 0. The van der Waals surface area contributed by atoms with Crippen LogP contribution in [0.5, 0.6) is 0 Å². The molecule has 0 saturated carbocycles. The Morgan fingerprint density at radius 2 is 1.74 bits per heavy atom. The lowest BCUT2D eigenvalue weighted by Crippen LogP contribution is -2.41. The normalized spacial score (nSPS) is 11.7. The number of nitrogens with zero attached hydrogens (tertiary/aromatic N) is 3. The third-order valence-corrected chi connectivity index (χ3v) is 3.60. The summed E-state index contributed by atoms with van der Waals surface area (Å²) in [6, 6.07) is 0. The van der Waals surface area contributed by atoms with E-state index in [1.54, 1.807) is 7.11 Å². The first-order valence-corrected chi connectivity index (χ1v) is 8.59. The van der Waals surface area contributed by atoms with Crippen molar-refractivity contribution in [1.82, 2.24) is 20.4 Å². The van der Waals surface area contributed by atoms with Gasteiger partial charge in [-0.05, 0) is 33.5 Å². The molecule has 0 radical (unpaired) electrons. The van der Waals surface area contributed by atoms with Crippen LogP contribution in [0.15, 0.2) is 4.99 Å². The van der Waals surface area contributed by atoms with Gasteiger partial charge in [0, 0.05) is 46.4 Å². The molecule has 0 unspecified atom stereocenters. The van der Waals surface area contributed by atoms with Crippen molar-refractivity contribution >= 4 is 29.9 Å². The van der Waals surface area contributed by atoms with Crippen LogP contribution in [0.1, 0.15) is 27.2 Å². The Morgan fingerprint density at radius 1 is 1.04 bits per heavy atom. The molecule has 23 heavy (non-hydrogen) atoms. The van der Waals surface area contributed by atoms with E-state index in [1.165, 1.54) is 0 Å². The van der Waals surface area contributed by atoms with Crippen molar-refractivity contribution < 1.29 is 4.74 Å². The van der Waals surface area contributed by atoms with Gasteiger partial charge in [0.1, 0.15) is 0 Å². The number of ether oxygens (including phenoxy) is 1. The zero-order valence-electron chi connectivity index (χ0n) is 15.7. The van der Waals surface area contributed by atoms with E-state index in [1.807, 2.05) is 0 Å². The number of halogens is 1. The fourth-order valence-electron chi connectivity index (χ4n) is 2.14. The lowest BCUT2D eigenvalue weighted by molar-refractivity contribution is 0.180. The van der Waals surface area contributed by atoms with Crippen LogP contribution in [0.4, 0.5) is 0 Å². The molecule has 0 fully saturated rings. The standard InChI is InChI=1S/C16H37N5O.HI/c1-6-17-16(19-11-14-21(7-2)8-3)18-10-13-20(4)12-9-15-22-5;/h6-15H2,1-5H3,(H2,17,18,19);1H. The third-order valence-electron chi connectivity index (χ3n) is 3.60. The fourth-order valence-corrected chi connectivity index (χ4v) is 2.14. The summed E-state index contributed by atoms with van der Waals surface area (Å²) in [6.45, 7) is 15.2. The first kappa shape index (κ1) is 25.1. The molecule has 0 amide bonds. The van der Waals surface area contributed by atoms with Crippen molar-refractivity contribution in [3.05, 3.63) is 0 Å². The highest BCUT2D eigenvalue weighted by Crippen LogP contribution is 1.88. The topological polar surface area (TPSA) is 52.1 Å². The van der Waals surface area contributed by atoms with Gasteiger partial charge in [0.15, 0.2) is 5.96 Å². The molecule has 0 saturated heterocycles. The number of rotatable bonds is 13. The molecule has 6 nitrogen and oxygen atoms in total. The molecule has 0 bridgehead atoms. The van der Waals surface area contributed by atoms with Crippen molar-refractivity contribution in [1.29, 1.82) is 0 Å². The van der Waals surface area contributed by atoms with Crippen molar-refractivity contribution in [2.24, 2.45) is 4.99 Å². The Morgan fingerprint density at radius 3 is 2.30 bits per heavy atom. The summed E-state index contributed by atoms with van der Waals surface area (Å²) in [5, 5.41) is 6.70. The van der Waals surface area contributed by atoms with E-state index in [0.717, 1.165) is 71.3 Å². The van der Waals surface area contributed by atoms with Gasteiger partial charge in [-0.25, -0.2) is 0 Å². The number of hydrogen-bond donors (Lipinski definition) is 2. The molecule has 0 spiro atoms. The maximum absolute atomic E-state index is 5.07. The Bertz CT molecular complexity index is 275. The Balaban J connectivity index is 0. The third kappa shape index (κ3) is 15.2. The van der Waals surface area contributed by atoms with Crippen LogP contribution in [0.3, 0.4) is 0 Å². The number of hydrogen-bond acceptors (Lipinski definition) is 4. The molecule has 140 valence electrons. The SMILES string of the molecule is CCNC(=NCCN(CC)CC)NCCN(C)CCCOC.I. The van der Waals surface area contributed by atoms with Crippen molar-refractivity contribution in [2.75, 3.05) is 73.1 Å². The van der Waals surface area contributed by atoms with Crippen LogP contribution in [-0.4, -0.2) is 88.9 Å². The molecule has 0 atom stereocenters. The zero-order valence-corrected chi connectivity index (χ0v) is 18.1. The van der Waals surface area contributed by atoms with E-state index in [4.69, 9.17) is 4.74 Å². The van der Waals surface area contributed by atoms with Crippen LogP contribution < -0.4 is 10.6 Å². The van der Waals surface area contributed by atoms with E-state index in [0.29, 0.717) is 0 Å². The van der Waals surface area contributed by atoms with Crippen LogP contribution in [0, 0.1) is 0 Å².